The number of carbonyl (C=O) groups is 2. The van der Waals surface area contributed by atoms with Crippen molar-refractivity contribution in [3.05, 3.63) is 53.6 Å². The van der Waals surface area contributed by atoms with Gasteiger partial charge in [-0.3, -0.25) is 9.59 Å². The molecule has 0 aromatic heterocycles. The van der Waals surface area contributed by atoms with Crippen LogP contribution >= 0.6 is 0 Å². The zero-order valence-corrected chi connectivity index (χ0v) is 20.2. The van der Waals surface area contributed by atoms with Crippen molar-refractivity contribution in [3.8, 4) is 0 Å². The standard InChI is InChI=1S/C25H31N3O4S/c1-4-19-7-9-22(10-8-19)26-25(30)20-6-5-13-27(16-20)33(31,32)23-11-12-24-21(15-23)14-17(2)28(24)18(3)29/h7-12,15,17,20H,4-6,13-14,16H2,1-3H3,(H,26,30)/t17-,20+/m1/s1. The molecule has 2 amide bonds. The number of sulfonamides is 1. The minimum Gasteiger partial charge on any atom is -0.326 e. The molecule has 2 heterocycles. The van der Waals surface area contributed by atoms with Gasteiger partial charge in [0.1, 0.15) is 0 Å². The monoisotopic (exact) mass is 469 g/mol. The number of benzene rings is 2. The molecule has 0 bridgehead atoms. The molecule has 1 N–H and O–H groups in total. The summed E-state index contributed by atoms with van der Waals surface area (Å²) in [7, 11) is -3.74. The van der Waals surface area contributed by atoms with Crippen molar-refractivity contribution >= 4 is 33.2 Å². The molecule has 2 aliphatic rings. The largest absolute Gasteiger partial charge is 0.326 e. The van der Waals surface area contributed by atoms with Crippen LogP contribution < -0.4 is 10.2 Å². The fraction of sp³-hybridized carbons (Fsp3) is 0.440. The molecule has 2 aromatic rings. The summed E-state index contributed by atoms with van der Waals surface area (Å²) in [5, 5.41) is 2.93. The number of hydrogen-bond acceptors (Lipinski definition) is 4. The Labute approximate surface area is 195 Å². The molecular weight excluding hydrogens is 438 g/mol. The highest BCUT2D eigenvalue weighted by molar-refractivity contribution is 7.89. The van der Waals surface area contributed by atoms with Gasteiger partial charge >= 0.3 is 0 Å². The fourth-order valence-corrected chi connectivity index (χ4v) is 6.41. The summed E-state index contributed by atoms with van der Waals surface area (Å²) in [6, 6.07) is 12.7. The highest BCUT2D eigenvalue weighted by Gasteiger charge is 2.35. The number of amides is 2. The number of rotatable bonds is 5. The van der Waals surface area contributed by atoms with Crippen molar-refractivity contribution in [2.75, 3.05) is 23.3 Å². The topological polar surface area (TPSA) is 86.8 Å². The van der Waals surface area contributed by atoms with E-state index in [-0.39, 0.29) is 29.3 Å². The molecule has 1 saturated heterocycles. The molecule has 33 heavy (non-hydrogen) atoms. The van der Waals surface area contributed by atoms with E-state index in [0.717, 1.165) is 23.4 Å². The molecule has 1 fully saturated rings. The van der Waals surface area contributed by atoms with E-state index in [0.29, 0.717) is 25.8 Å². The van der Waals surface area contributed by atoms with Crippen molar-refractivity contribution in [3.63, 3.8) is 0 Å². The Morgan fingerprint density at radius 3 is 2.52 bits per heavy atom. The van der Waals surface area contributed by atoms with Crippen LogP contribution in [-0.2, 0) is 32.5 Å². The quantitative estimate of drug-likeness (QED) is 0.725. The first-order valence-corrected chi connectivity index (χ1v) is 13.0. The maximum Gasteiger partial charge on any atom is 0.243 e. The summed E-state index contributed by atoms with van der Waals surface area (Å²) in [6.45, 7) is 6.11. The number of piperidine rings is 1. The summed E-state index contributed by atoms with van der Waals surface area (Å²) >= 11 is 0. The third-order valence-electron chi connectivity index (χ3n) is 6.63. The molecule has 8 heteroatoms. The van der Waals surface area contributed by atoms with E-state index in [9.17, 15) is 18.0 Å². The molecule has 2 aromatic carbocycles. The van der Waals surface area contributed by atoms with Crippen LogP contribution in [0.3, 0.4) is 0 Å². The van der Waals surface area contributed by atoms with Gasteiger partial charge in [-0.15, -0.1) is 0 Å². The number of aryl methyl sites for hydroxylation is 1. The van der Waals surface area contributed by atoms with Gasteiger partial charge in [0.2, 0.25) is 21.8 Å². The zero-order valence-electron chi connectivity index (χ0n) is 19.4. The van der Waals surface area contributed by atoms with E-state index in [1.807, 2.05) is 31.2 Å². The van der Waals surface area contributed by atoms with Gasteiger partial charge < -0.3 is 10.2 Å². The van der Waals surface area contributed by atoms with Gasteiger partial charge in [-0.25, -0.2) is 8.42 Å². The molecule has 0 aliphatic carbocycles. The van der Waals surface area contributed by atoms with Crippen molar-refractivity contribution in [2.45, 2.75) is 57.4 Å². The van der Waals surface area contributed by atoms with Crippen LogP contribution in [0.1, 0.15) is 44.7 Å². The normalized spacial score (nSPS) is 21.0. The molecule has 4 rings (SSSR count). The van der Waals surface area contributed by atoms with Gasteiger partial charge in [-0.2, -0.15) is 4.31 Å². The number of nitrogens with zero attached hydrogens (tertiary/aromatic N) is 2. The van der Waals surface area contributed by atoms with Gasteiger partial charge in [-0.05, 0) is 74.1 Å². The van der Waals surface area contributed by atoms with Crippen molar-refractivity contribution in [1.82, 2.24) is 4.31 Å². The summed E-state index contributed by atoms with van der Waals surface area (Å²) < 4.78 is 28.2. The predicted octanol–water partition coefficient (Wildman–Crippen LogP) is 3.59. The Kier molecular flexibility index (Phi) is 6.59. The van der Waals surface area contributed by atoms with Crippen molar-refractivity contribution in [1.29, 1.82) is 0 Å². The van der Waals surface area contributed by atoms with Gasteiger partial charge in [0, 0.05) is 37.4 Å². The lowest BCUT2D eigenvalue weighted by atomic mass is 9.98. The summed E-state index contributed by atoms with van der Waals surface area (Å²) in [5.41, 5.74) is 3.55. The van der Waals surface area contributed by atoms with Gasteiger partial charge in [0.25, 0.3) is 0 Å². The molecule has 2 atom stereocenters. The number of nitrogens with one attached hydrogen (secondary N) is 1. The molecule has 2 aliphatic heterocycles. The van der Waals surface area contributed by atoms with Crippen LogP contribution in [-0.4, -0.2) is 43.7 Å². The minimum atomic E-state index is -3.74. The number of carbonyl (C=O) groups excluding carboxylic acids is 2. The van der Waals surface area contributed by atoms with Crippen LogP contribution in [0.15, 0.2) is 47.4 Å². The fourth-order valence-electron chi connectivity index (χ4n) is 4.84. The second-order valence-electron chi connectivity index (χ2n) is 8.97. The zero-order chi connectivity index (χ0) is 23.8. The van der Waals surface area contributed by atoms with Gasteiger partial charge in [-0.1, -0.05) is 19.1 Å². The second kappa shape index (κ2) is 9.27. The summed E-state index contributed by atoms with van der Waals surface area (Å²) in [5.74, 6) is -0.605. The van der Waals surface area contributed by atoms with Crippen LogP contribution in [0.2, 0.25) is 0 Å². The lowest BCUT2D eigenvalue weighted by Gasteiger charge is -2.31. The minimum absolute atomic E-state index is 0.00455. The first-order chi connectivity index (χ1) is 15.7. The Hall–Kier alpha value is -2.71. The first-order valence-electron chi connectivity index (χ1n) is 11.5. The number of fused-ring (bicyclic) bond motifs is 1. The Morgan fingerprint density at radius 1 is 1.12 bits per heavy atom. The smallest absolute Gasteiger partial charge is 0.243 e. The predicted molar refractivity (Wildman–Crippen MR) is 129 cm³/mol. The van der Waals surface area contributed by atoms with Crippen LogP contribution in [0, 0.1) is 5.92 Å². The Bertz CT molecular complexity index is 1160. The molecule has 0 spiro atoms. The highest BCUT2D eigenvalue weighted by atomic mass is 32.2. The van der Waals surface area contributed by atoms with E-state index in [1.165, 1.54) is 16.8 Å². The third-order valence-corrected chi connectivity index (χ3v) is 8.49. The molecule has 0 saturated carbocycles. The molecule has 176 valence electrons. The van der Waals surface area contributed by atoms with E-state index >= 15 is 0 Å². The van der Waals surface area contributed by atoms with E-state index < -0.39 is 15.9 Å². The van der Waals surface area contributed by atoms with Gasteiger partial charge in [0.05, 0.1) is 10.8 Å². The van der Waals surface area contributed by atoms with Crippen LogP contribution in [0.4, 0.5) is 11.4 Å². The average molecular weight is 470 g/mol. The number of hydrogen-bond donors (Lipinski definition) is 1. The maximum atomic E-state index is 13.4. The summed E-state index contributed by atoms with van der Waals surface area (Å²) in [6.07, 6.45) is 2.84. The van der Waals surface area contributed by atoms with Crippen molar-refractivity contribution in [2.24, 2.45) is 5.92 Å². The van der Waals surface area contributed by atoms with E-state index in [4.69, 9.17) is 0 Å². The highest BCUT2D eigenvalue weighted by Crippen LogP contribution is 2.35. The second-order valence-corrected chi connectivity index (χ2v) is 10.9. The molecule has 0 radical (unpaired) electrons. The lowest BCUT2D eigenvalue weighted by molar-refractivity contribution is -0.121. The Balaban J connectivity index is 1.49. The molecule has 0 unspecified atom stereocenters. The SMILES string of the molecule is CCc1ccc(NC(=O)[C@H]2CCCN(S(=O)(=O)c3ccc4c(c3)C[C@@H](C)N4C(C)=O)C2)cc1. The van der Waals surface area contributed by atoms with E-state index in [2.05, 4.69) is 12.2 Å². The number of anilines is 2. The Morgan fingerprint density at radius 2 is 1.85 bits per heavy atom. The molecule has 7 nitrogen and oxygen atoms in total. The third kappa shape index (κ3) is 4.68. The van der Waals surface area contributed by atoms with Crippen LogP contribution in [0.25, 0.3) is 0 Å². The van der Waals surface area contributed by atoms with Crippen molar-refractivity contribution < 1.29 is 18.0 Å². The molecular formula is C25H31N3O4S. The maximum absolute atomic E-state index is 13.4. The summed E-state index contributed by atoms with van der Waals surface area (Å²) in [4.78, 5) is 26.7. The van der Waals surface area contributed by atoms with Crippen LogP contribution in [0.5, 0.6) is 0 Å². The first kappa shape index (κ1) is 23.4. The van der Waals surface area contributed by atoms with E-state index in [1.54, 1.807) is 23.1 Å². The average Bonchev–Trinajstić information content (AvgIpc) is 3.14. The lowest BCUT2D eigenvalue weighted by Crippen LogP contribution is -2.43. The van der Waals surface area contributed by atoms with Gasteiger partial charge in [0.15, 0.2) is 0 Å².